The third-order valence-electron chi connectivity index (χ3n) is 11.1. The predicted molar refractivity (Wildman–Crippen MR) is 169 cm³/mol. The minimum absolute atomic E-state index is 0.00403. The smallest absolute Gasteiger partial charge is 0.248 e. The van der Waals surface area contributed by atoms with Crippen LogP contribution in [-0.2, 0) is 34.7 Å². The van der Waals surface area contributed by atoms with E-state index in [9.17, 15) is 19.2 Å². The predicted octanol–water partition coefficient (Wildman–Crippen LogP) is 4.77. The van der Waals surface area contributed by atoms with Crippen molar-refractivity contribution < 1.29 is 28.7 Å². The molecule has 5 N–H and O–H groups in total. The summed E-state index contributed by atoms with van der Waals surface area (Å²) in [5, 5.41) is 9.23. The molecule has 4 aliphatic heterocycles. The lowest BCUT2D eigenvalue weighted by Crippen LogP contribution is -2.50. The number of carbonyl (C=O) groups is 4. The van der Waals surface area contributed by atoms with Gasteiger partial charge in [-0.25, -0.2) is 0 Å². The van der Waals surface area contributed by atoms with Crippen LogP contribution in [0.25, 0.3) is 0 Å². The number of benzene rings is 2. The van der Waals surface area contributed by atoms with Crippen molar-refractivity contribution in [2.24, 2.45) is 17.6 Å². The summed E-state index contributed by atoms with van der Waals surface area (Å²) in [5.74, 6) is -1.13. The van der Waals surface area contributed by atoms with Gasteiger partial charge in [-0.3, -0.25) is 19.2 Å². The van der Waals surface area contributed by atoms with Crippen molar-refractivity contribution in [3.63, 3.8) is 0 Å². The molecule has 2 aromatic carbocycles. The fourth-order valence-electron chi connectivity index (χ4n) is 8.64. The van der Waals surface area contributed by atoms with Gasteiger partial charge in [0, 0.05) is 42.4 Å². The molecule has 3 unspecified atom stereocenters. The Labute approximate surface area is 263 Å². The number of ether oxygens (including phenoxy) is 2. The van der Waals surface area contributed by atoms with Crippen LogP contribution >= 0.6 is 0 Å². The highest BCUT2D eigenvalue weighted by Crippen LogP contribution is 2.49. The number of carbonyl (C=O) groups excluding carboxylic acids is 4. The lowest BCUT2D eigenvalue weighted by molar-refractivity contribution is -0.139. The van der Waals surface area contributed by atoms with Gasteiger partial charge in [0.2, 0.25) is 23.6 Å². The number of nitrogens with one attached hydrogen (secondary N) is 3. The van der Waals surface area contributed by atoms with E-state index >= 15 is 0 Å². The van der Waals surface area contributed by atoms with Crippen LogP contribution in [0.4, 0.5) is 17.1 Å². The van der Waals surface area contributed by atoms with E-state index in [0.717, 1.165) is 55.3 Å². The molecule has 0 aromatic heterocycles. The van der Waals surface area contributed by atoms with Gasteiger partial charge in [-0.05, 0) is 79.8 Å². The number of primary amides is 1. The number of anilines is 3. The number of hydrogen-bond donors (Lipinski definition) is 4. The fraction of sp³-hybridized carbons (Fsp3) is 0.543. The maximum atomic E-state index is 14.4. The Kier molecular flexibility index (Phi) is 7.90. The SMILES string of the molecule is NC(=O)c1ccc2c(c1)NC(=O)C21CCOC(C(C(=O)Nc2ccc3c(c2)NC(=O)C32CCOCC2)C2CCCCCCC2)C1. The van der Waals surface area contributed by atoms with Crippen LogP contribution in [0.2, 0.25) is 0 Å². The third kappa shape index (κ3) is 5.21. The summed E-state index contributed by atoms with van der Waals surface area (Å²) in [6, 6.07) is 10.9. The maximum Gasteiger partial charge on any atom is 0.248 e. The summed E-state index contributed by atoms with van der Waals surface area (Å²) < 4.78 is 12.0. The van der Waals surface area contributed by atoms with Gasteiger partial charge in [-0.2, -0.15) is 0 Å². The lowest BCUT2D eigenvalue weighted by Gasteiger charge is -2.42. The molecule has 238 valence electrons. The van der Waals surface area contributed by atoms with Crippen LogP contribution in [0, 0.1) is 11.8 Å². The van der Waals surface area contributed by atoms with E-state index in [1.165, 1.54) is 6.42 Å². The highest BCUT2D eigenvalue weighted by atomic mass is 16.5. The van der Waals surface area contributed by atoms with Crippen molar-refractivity contribution in [3.8, 4) is 0 Å². The second kappa shape index (κ2) is 11.9. The van der Waals surface area contributed by atoms with E-state index in [4.69, 9.17) is 15.2 Å². The number of hydrogen-bond acceptors (Lipinski definition) is 6. The molecule has 0 radical (unpaired) electrons. The minimum atomic E-state index is -0.843. The number of amides is 4. The van der Waals surface area contributed by atoms with E-state index in [0.29, 0.717) is 62.4 Å². The van der Waals surface area contributed by atoms with Crippen molar-refractivity contribution in [3.05, 3.63) is 53.1 Å². The Balaban J connectivity index is 1.18. The van der Waals surface area contributed by atoms with Crippen LogP contribution in [0.5, 0.6) is 0 Å². The molecule has 2 saturated heterocycles. The molecule has 3 fully saturated rings. The first-order chi connectivity index (χ1) is 21.8. The molecule has 0 bridgehead atoms. The number of rotatable bonds is 5. The molecular weight excluding hydrogens is 572 g/mol. The Bertz CT molecular complexity index is 1530. The van der Waals surface area contributed by atoms with Gasteiger partial charge in [0.25, 0.3) is 0 Å². The first kappa shape index (κ1) is 29.9. The zero-order chi connectivity index (χ0) is 31.2. The summed E-state index contributed by atoms with van der Waals surface area (Å²) >= 11 is 0. The Morgan fingerprint density at radius 1 is 0.822 bits per heavy atom. The molecule has 1 saturated carbocycles. The zero-order valence-electron chi connectivity index (χ0n) is 25.6. The van der Waals surface area contributed by atoms with Crippen LogP contribution < -0.4 is 21.7 Å². The van der Waals surface area contributed by atoms with Crippen molar-refractivity contribution in [1.29, 1.82) is 0 Å². The van der Waals surface area contributed by atoms with Gasteiger partial charge in [0.15, 0.2) is 0 Å². The van der Waals surface area contributed by atoms with Gasteiger partial charge in [-0.15, -0.1) is 0 Å². The van der Waals surface area contributed by atoms with Gasteiger partial charge < -0.3 is 31.2 Å². The molecule has 45 heavy (non-hydrogen) atoms. The second-order valence-corrected chi connectivity index (χ2v) is 13.6. The molecule has 2 spiro atoms. The third-order valence-corrected chi connectivity index (χ3v) is 11.1. The average Bonchev–Trinajstić information content (AvgIpc) is 3.42. The Hall–Kier alpha value is -3.76. The van der Waals surface area contributed by atoms with Crippen LogP contribution in [-0.4, -0.2) is 49.6 Å². The quantitative estimate of drug-likeness (QED) is 0.381. The molecular formula is C35H42N4O6. The summed E-state index contributed by atoms with van der Waals surface area (Å²) in [5.41, 5.74) is 8.21. The van der Waals surface area contributed by atoms with Gasteiger partial charge in [0.05, 0.1) is 22.9 Å². The summed E-state index contributed by atoms with van der Waals surface area (Å²) in [6.45, 7) is 1.44. The molecule has 7 rings (SSSR count). The summed E-state index contributed by atoms with van der Waals surface area (Å²) in [6.07, 6.45) is 9.18. The Morgan fingerprint density at radius 3 is 2.18 bits per heavy atom. The summed E-state index contributed by atoms with van der Waals surface area (Å²) in [7, 11) is 0. The van der Waals surface area contributed by atoms with Gasteiger partial charge in [0.1, 0.15) is 0 Å². The molecule has 2 aromatic rings. The molecule has 10 heteroatoms. The molecule has 1 aliphatic carbocycles. The van der Waals surface area contributed by atoms with E-state index in [-0.39, 0.29) is 23.6 Å². The highest BCUT2D eigenvalue weighted by Gasteiger charge is 2.53. The van der Waals surface area contributed by atoms with E-state index in [2.05, 4.69) is 16.0 Å². The van der Waals surface area contributed by atoms with E-state index < -0.39 is 28.8 Å². The first-order valence-corrected chi connectivity index (χ1v) is 16.5. The average molecular weight is 615 g/mol. The van der Waals surface area contributed by atoms with Crippen molar-refractivity contribution in [2.75, 3.05) is 35.8 Å². The van der Waals surface area contributed by atoms with E-state index in [1.807, 2.05) is 24.3 Å². The van der Waals surface area contributed by atoms with Crippen LogP contribution in [0.15, 0.2) is 36.4 Å². The molecule has 5 aliphatic rings. The second-order valence-electron chi connectivity index (χ2n) is 13.6. The van der Waals surface area contributed by atoms with Gasteiger partial charge >= 0.3 is 0 Å². The van der Waals surface area contributed by atoms with E-state index in [1.54, 1.807) is 12.1 Å². The standard InChI is InChI=1S/C35H42N4O6/c36-30(40)22-8-10-25-26(18-22)38-33(43)35(25)14-17-45-28(20-35)29(21-6-4-2-1-3-5-7-21)31(41)37-23-9-11-24-27(19-23)39-32(42)34(24)12-15-44-16-13-34/h8-11,18-19,21,28-29H,1-7,12-17,20H2,(H2,36,40)(H,37,41)(H,38,43)(H,39,42). The number of nitrogens with two attached hydrogens (primary N) is 1. The van der Waals surface area contributed by atoms with Crippen LogP contribution in [0.1, 0.15) is 92.1 Å². The van der Waals surface area contributed by atoms with Crippen molar-refractivity contribution in [1.82, 2.24) is 0 Å². The highest BCUT2D eigenvalue weighted by molar-refractivity contribution is 6.08. The molecule has 4 heterocycles. The summed E-state index contributed by atoms with van der Waals surface area (Å²) in [4.78, 5) is 52.9. The zero-order valence-corrected chi connectivity index (χ0v) is 25.6. The fourth-order valence-corrected chi connectivity index (χ4v) is 8.64. The number of fused-ring (bicyclic) bond motifs is 4. The lowest BCUT2D eigenvalue weighted by atomic mass is 9.68. The first-order valence-electron chi connectivity index (χ1n) is 16.5. The molecule has 10 nitrogen and oxygen atoms in total. The van der Waals surface area contributed by atoms with Gasteiger partial charge in [-0.1, -0.05) is 44.2 Å². The van der Waals surface area contributed by atoms with Crippen molar-refractivity contribution in [2.45, 2.75) is 87.6 Å². The monoisotopic (exact) mass is 614 g/mol. The maximum absolute atomic E-state index is 14.4. The van der Waals surface area contributed by atoms with Crippen LogP contribution in [0.3, 0.4) is 0 Å². The topological polar surface area (TPSA) is 149 Å². The normalized spacial score (nSPS) is 26.7. The largest absolute Gasteiger partial charge is 0.381 e. The molecule has 4 amide bonds. The Morgan fingerprint density at radius 2 is 1.44 bits per heavy atom. The van der Waals surface area contributed by atoms with Crippen molar-refractivity contribution >= 4 is 40.7 Å². The minimum Gasteiger partial charge on any atom is -0.381 e. The molecule has 3 atom stereocenters.